The topological polar surface area (TPSA) is 72.2 Å². The number of hydrogen-bond acceptors (Lipinski definition) is 3. The van der Waals surface area contributed by atoms with Crippen molar-refractivity contribution in [3.8, 4) is 0 Å². The van der Waals surface area contributed by atoms with Crippen molar-refractivity contribution in [2.75, 3.05) is 23.8 Å². The average molecular weight is 275 g/mol. The zero-order valence-corrected chi connectivity index (χ0v) is 11.1. The molecule has 0 aliphatic rings. The Kier molecular flexibility index (Phi) is 5.44. The van der Waals surface area contributed by atoms with Crippen molar-refractivity contribution in [2.45, 2.75) is 6.92 Å². The first kappa shape index (κ1) is 14.0. The fourth-order valence-electron chi connectivity index (χ4n) is 1.23. The van der Waals surface area contributed by atoms with Crippen molar-refractivity contribution in [3.63, 3.8) is 0 Å². The summed E-state index contributed by atoms with van der Waals surface area (Å²) in [5, 5.41) is 3.02. The van der Waals surface area contributed by atoms with Gasteiger partial charge in [-0.2, -0.15) is 0 Å². The molecule has 1 unspecified atom stereocenters. The van der Waals surface area contributed by atoms with E-state index in [2.05, 4.69) is 5.32 Å². The zero-order valence-electron chi connectivity index (χ0n) is 9.53. The normalized spacial score (nSPS) is 12.1. The Morgan fingerprint density at radius 3 is 2.88 bits per heavy atom. The Bertz CT molecular complexity index is 437. The minimum atomic E-state index is -0.882. The number of carbonyl (C=O) groups is 1. The van der Waals surface area contributed by atoms with E-state index in [1.165, 1.54) is 6.07 Å². The van der Waals surface area contributed by atoms with Gasteiger partial charge in [0.15, 0.2) is 0 Å². The van der Waals surface area contributed by atoms with E-state index in [0.717, 1.165) is 0 Å². The smallest absolute Gasteiger partial charge is 0.252 e. The van der Waals surface area contributed by atoms with Gasteiger partial charge in [0.25, 0.3) is 5.91 Å². The summed E-state index contributed by atoms with van der Waals surface area (Å²) in [4.78, 5) is 11.7. The van der Waals surface area contributed by atoms with Gasteiger partial charge < -0.3 is 11.1 Å². The number of amides is 1. The summed E-state index contributed by atoms with van der Waals surface area (Å²) in [5.74, 6) is 0.743. The number of carbonyl (C=O) groups excluding carboxylic acids is 1. The molecule has 3 N–H and O–H groups in total. The first-order valence-electron chi connectivity index (χ1n) is 5.22. The molecule has 0 heterocycles. The number of halogens is 1. The summed E-state index contributed by atoms with van der Waals surface area (Å²) in [6.45, 7) is 2.21. The second kappa shape index (κ2) is 6.61. The highest BCUT2D eigenvalue weighted by molar-refractivity contribution is 7.84. The lowest BCUT2D eigenvalue weighted by Crippen LogP contribution is -2.28. The number of benzene rings is 1. The van der Waals surface area contributed by atoms with Crippen LogP contribution >= 0.6 is 11.6 Å². The zero-order chi connectivity index (χ0) is 12.8. The van der Waals surface area contributed by atoms with Crippen molar-refractivity contribution in [2.24, 2.45) is 0 Å². The summed E-state index contributed by atoms with van der Waals surface area (Å²) in [7, 11) is -0.882. The monoisotopic (exact) mass is 274 g/mol. The fourth-order valence-corrected chi connectivity index (χ4v) is 2.06. The summed E-state index contributed by atoms with van der Waals surface area (Å²) < 4.78 is 11.2. The van der Waals surface area contributed by atoms with E-state index in [1.54, 1.807) is 12.1 Å². The molecular weight excluding hydrogens is 260 g/mol. The van der Waals surface area contributed by atoms with Gasteiger partial charge in [0, 0.05) is 34.5 Å². The second-order valence-corrected chi connectivity index (χ2v) is 5.70. The quantitative estimate of drug-likeness (QED) is 0.798. The predicted molar refractivity (Wildman–Crippen MR) is 71.7 cm³/mol. The van der Waals surface area contributed by atoms with Crippen LogP contribution < -0.4 is 11.1 Å². The molecule has 0 saturated carbocycles. The maximum absolute atomic E-state index is 11.7. The van der Waals surface area contributed by atoms with Crippen LogP contribution in [0, 0.1) is 0 Å². The molecule has 94 valence electrons. The van der Waals surface area contributed by atoms with E-state index < -0.39 is 10.8 Å². The third kappa shape index (κ3) is 4.36. The van der Waals surface area contributed by atoms with Crippen LogP contribution in [0.5, 0.6) is 0 Å². The van der Waals surface area contributed by atoms with Crippen LogP contribution in [0.4, 0.5) is 5.69 Å². The van der Waals surface area contributed by atoms with Crippen molar-refractivity contribution in [3.05, 3.63) is 28.8 Å². The van der Waals surface area contributed by atoms with Crippen molar-refractivity contribution in [1.82, 2.24) is 5.32 Å². The van der Waals surface area contributed by atoms with Gasteiger partial charge >= 0.3 is 0 Å². The van der Waals surface area contributed by atoms with E-state index >= 15 is 0 Å². The molecule has 0 aliphatic heterocycles. The molecule has 0 aliphatic carbocycles. The summed E-state index contributed by atoms with van der Waals surface area (Å²) in [5.41, 5.74) is 6.40. The molecule has 1 aromatic carbocycles. The Morgan fingerprint density at radius 1 is 1.53 bits per heavy atom. The molecule has 1 atom stereocenters. The van der Waals surface area contributed by atoms with Crippen LogP contribution in [0.3, 0.4) is 0 Å². The molecule has 0 fully saturated rings. The van der Waals surface area contributed by atoms with Crippen LogP contribution in [0.25, 0.3) is 0 Å². The van der Waals surface area contributed by atoms with Gasteiger partial charge in [0.05, 0.1) is 10.6 Å². The first-order chi connectivity index (χ1) is 8.04. The number of nitrogens with one attached hydrogen (secondary N) is 1. The minimum absolute atomic E-state index is 0.296. The Balaban J connectivity index is 2.58. The molecule has 1 amide bonds. The number of rotatable bonds is 5. The molecule has 17 heavy (non-hydrogen) atoms. The highest BCUT2D eigenvalue weighted by Crippen LogP contribution is 2.18. The van der Waals surface area contributed by atoms with E-state index in [1.807, 2.05) is 6.92 Å². The summed E-state index contributed by atoms with van der Waals surface area (Å²) in [6, 6.07) is 4.73. The third-order valence-corrected chi connectivity index (χ3v) is 3.81. The maximum atomic E-state index is 11.7. The largest absolute Gasteiger partial charge is 0.399 e. The molecule has 0 aromatic heterocycles. The Morgan fingerprint density at radius 2 is 2.24 bits per heavy atom. The molecule has 1 aromatic rings. The van der Waals surface area contributed by atoms with Gasteiger partial charge in [0.1, 0.15) is 0 Å². The van der Waals surface area contributed by atoms with E-state index in [4.69, 9.17) is 17.3 Å². The van der Waals surface area contributed by atoms with E-state index in [0.29, 0.717) is 34.3 Å². The molecule has 0 radical (unpaired) electrons. The highest BCUT2D eigenvalue weighted by atomic mass is 35.5. The average Bonchev–Trinajstić information content (AvgIpc) is 2.31. The van der Waals surface area contributed by atoms with Crippen LogP contribution in [0.2, 0.25) is 5.02 Å². The molecule has 0 bridgehead atoms. The van der Waals surface area contributed by atoms with Crippen LogP contribution in [0.15, 0.2) is 18.2 Å². The molecule has 0 spiro atoms. The van der Waals surface area contributed by atoms with Crippen molar-refractivity contribution < 1.29 is 9.00 Å². The maximum Gasteiger partial charge on any atom is 0.252 e. The lowest BCUT2D eigenvalue weighted by Gasteiger charge is -2.07. The van der Waals surface area contributed by atoms with Crippen LogP contribution in [0.1, 0.15) is 17.3 Å². The Labute approximate surface area is 108 Å². The van der Waals surface area contributed by atoms with Gasteiger partial charge in [-0.3, -0.25) is 9.00 Å². The second-order valence-electron chi connectivity index (χ2n) is 3.43. The molecule has 4 nitrogen and oxygen atoms in total. The predicted octanol–water partition coefficient (Wildman–Crippen LogP) is 1.42. The molecule has 0 saturated heterocycles. The highest BCUT2D eigenvalue weighted by Gasteiger charge is 2.10. The molecular formula is C11H15ClN2O2S. The summed E-state index contributed by atoms with van der Waals surface area (Å²) >= 11 is 5.88. The number of nitrogens with two attached hydrogens (primary N) is 1. The van der Waals surface area contributed by atoms with E-state index in [9.17, 15) is 9.00 Å². The minimum Gasteiger partial charge on any atom is -0.399 e. The van der Waals surface area contributed by atoms with Gasteiger partial charge in [-0.15, -0.1) is 0 Å². The molecule has 1 rings (SSSR count). The van der Waals surface area contributed by atoms with E-state index in [-0.39, 0.29) is 5.91 Å². The van der Waals surface area contributed by atoms with Crippen molar-refractivity contribution >= 4 is 34.0 Å². The van der Waals surface area contributed by atoms with Crippen LogP contribution in [-0.2, 0) is 10.8 Å². The Hall–Kier alpha value is -1.07. The van der Waals surface area contributed by atoms with Gasteiger partial charge in [-0.1, -0.05) is 18.5 Å². The standard InChI is InChI=1S/C11H15ClN2O2S/c1-2-17(16)6-5-14-11(15)9-7-8(13)3-4-10(9)12/h3-4,7H,2,5-6,13H2,1H3,(H,14,15). The molecule has 6 heteroatoms. The van der Waals surface area contributed by atoms with Crippen LogP contribution in [-0.4, -0.2) is 28.2 Å². The SMILES string of the molecule is CCS(=O)CCNC(=O)c1cc(N)ccc1Cl. The number of hydrogen-bond donors (Lipinski definition) is 2. The lowest BCUT2D eigenvalue weighted by molar-refractivity contribution is 0.0956. The fraction of sp³-hybridized carbons (Fsp3) is 0.364. The van der Waals surface area contributed by atoms with Gasteiger partial charge in [-0.05, 0) is 18.2 Å². The lowest BCUT2D eigenvalue weighted by atomic mass is 10.2. The van der Waals surface area contributed by atoms with Crippen molar-refractivity contribution in [1.29, 1.82) is 0 Å². The first-order valence-corrected chi connectivity index (χ1v) is 7.09. The number of nitrogen functional groups attached to an aromatic ring is 1. The summed E-state index contributed by atoms with van der Waals surface area (Å²) in [6.07, 6.45) is 0. The van der Waals surface area contributed by atoms with Gasteiger partial charge in [0.2, 0.25) is 0 Å². The number of anilines is 1. The van der Waals surface area contributed by atoms with Gasteiger partial charge in [-0.25, -0.2) is 0 Å². The third-order valence-electron chi connectivity index (χ3n) is 2.17.